The van der Waals surface area contributed by atoms with E-state index in [1.165, 1.54) is 12.1 Å². The lowest BCUT2D eigenvalue weighted by atomic mass is 9.86. The monoisotopic (exact) mass is 229 g/mol. The summed E-state index contributed by atoms with van der Waals surface area (Å²) in [6, 6.07) is 4.01. The zero-order valence-electron chi connectivity index (χ0n) is 9.52. The van der Waals surface area contributed by atoms with E-state index in [2.05, 4.69) is 0 Å². The fraction of sp³-hybridized carbons (Fsp3) is 0.500. The molecule has 4 heteroatoms. The summed E-state index contributed by atoms with van der Waals surface area (Å²) in [5.41, 5.74) is 1.03. The van der Waals surface area contributed by atoms with Crippen molar-refractivity contribution in [3.8, 4) is 0 Å². The molecular weight excluding hydrogens is 215 g/mol. The summed E-state index contributed by atoms with van der Waals surface area (Å²) >= 11 is 0. The molecule has 0 unspecified atom stereocenters. The number of nitrogens with zero attached hydrogens (tertiary/aromatic N) is 1. The Balaban J connectivity index is 2.53. The summed E-state index contributed by atoms with van der Waals surface area (Å²) in [5.74, 6) is 0. The summed E-state index contributed by atoms with van der Waals surface area (Å²) in [4.78, 5) is 1.88. The van der Waals surface area contributed by atoms with Crippen LogP contribution in [0.1, 0.15) is 25.0 Å². The second-order valence-electron chi connectivity index (χ2n) is 4.97. The van der Waals surface area contributed by atoms with Gasteiger partial charge in [-0.05, 0) is 19.9 Å². The largest absolute Gasteiger partial charge is 0.416 e. The van der Waals surface area contributed by atoms with Crippen LogP contribution in [0.4, 0.5) is 18.9 Å². The van der Waals surface area contributed by atoms with Crippen molar-refractivity contribution in [3.63, 3.8) is 0 Å². The Morgan fingerprint density at radius 3 is 2.44 bits per heavy atom. The number of alkyl halides is 3. The van der Waals surface area contributed by atoms with Crippen molar-refractivity contribution in [1.82, 2.24) is 4.90 Å². The minimum absolute atomic E-state index is 0.0752. The first kappa shape index (κ1) is 11.5. The molecule has 0 saturated carbocycles. The molecule has 0 aromatic heterocycles. The number of anilines is 1. The van der Waals surface area contributed by atoms with Gasteiger partial charge in [-0.15, -0.1) is 4.90 Å². The van der Waals surface area contributed by atoms with Crippen molar-refractivity contribution < 1.29 is 13.2 Å². The molecule has 1 aromatic carbocycles. The second kappa shape index (κ2) is 3.23. The Morgan fingerprint density at radius 2 is 1.88 bits per heavy atom. The van der Waals surface area contributed by atoms with E-state index in [1.54, 1.807) is 6.07 Å². The van der Waals surface area contributed by atoms with Crippen molar-refractivity contribution in [3.05, 3.63) is 29.3 Å². The maximum atomic E-state index is 12.6. The lowest BCUT2D eigenvalue weighted by Crippen LogP contribution is -2.25. The molecule has 1 aliphatic rings. The molecule has 1 heterocycles. The molecule has 0 spiro atoms. The number of hydrogen-bond donors (Lipinski definition) is 0. The molecule has 0 saturated heterocycles. The van der Waals surface area contributed by atoms with Crippen molar-refractivity contribution in [2.75, 3.05) is 13.6 Å². The van der Waals surface area contributed by atoms with Crippen LogP contribution in [-0.2, 0) is 11.6 Å². The number of fused-ring (bicyclic) bond motifs is 1. The van der Waals surface area contributed by atoms with E-state index in [0.717, 1.165) is 12.1 Å². The standard InChI is InChI=1S/C12H14F3N/c1-11(2)7-16(3)10-6-8(12(13,14)15)4-5-9(10)11/h4-6H,7H2,1-3H3/q+1. The predicted molar refractivity (Wildman–Crippen MR) is 57.1 cm³/mol. The topological polar surface area (TPSA) is 5.90 Å². The number of hydrogen-bond acceptors (Lipinski definition) is 1. The molecule has 16 heavy (non-hydrogen) atoms. The summed E-state index contributed by atoms with van der Waals surface area (Å²) in [5, 5.41) is 0. The molecule has 0 bridgehead atoms. The normalized spacial score (nSPS) is 19.9. The van der Waals surface area contributed by atoms with Gasteiger partial charge in [-0.3, -0.25) is 0 Å². The molecule has 1 aliphatic heterocycles. The Labute approximate surface area is 92.9 Å². The first-order valence-corrected chi connectivity index (χ1v) is 5.15. The minimum Gasteiger partial charge on any atom is -0.166 e. The highest BCUT2D eigenvalue weighted by Gasteiger charge is 2.43. The average Bonchev–Trinajstić information content (AvgIpc) is 2.36. The van der Waals surface area contributed by atoms with E-state index in [-0.39, 0.29) is 5.41 Å². The highest BCUT2D eigenvalue weighted by atomic mass is 19.4. The van der Waals surface area contributed by atoms with Crippen LogP contribution >= 0.6 is 0 Å². The lowest BCUT2D eigenvalue weighted by Gasteiger charge is -2.13. The van der Waals surface area contributed by atoms with E-state index in [4.69, 9.17) is 0 Å². The SMILES string of the molecule is C[N+]1CC(C)(C)c2ccc(C(F)(F)F)cc21. The third-order valence-electron chi connectivity index (χ3n) is 3.10. The van der Waals surface area contributed by atoms with Gasteiger partial charge in [0.15, 0.2) is 5.69 Å². The third-order valence-corrected chi connectivity index (χ3v) is 3.10. The summed E-state index contributed by atoms with van der Waals surface area (Å²) in [6.07, 6.45) is -4.26. The molecule has 2 rings (SSSR count). The summed E-state index contributed by atoms with van der Waals surface area (Å²) < 4.78 is 37.7. The fourth-order valence-electron chi connectivity index (χ4n) is 2.36. The molecule has 0 N–H and O–H groups in total. The molecule has 0 fully saturated rings. The van der Waals surface area contributed by atoms with Crippen LogP contribution in [0.2, 0.25) is 0 Å². The molecule has 1 aromatic rings. The summed E-state index contributed by atoms with van der Waals surface area (Å²) in [6.45, 7) is 4.84. The first-order valence-electron chi connectivity index (χ1n) is 5.15. The van der Waals surface area contributed by atoms with Crippen molar-refractivity contribution >= 4 is 5.69 Å². The zero-order valence-corrected chi connectivity index (χ0v) is 9.52. The van der Waals surface area contributed by atoms with E-state index in [0.29, 0.717) is 5.69 Å². The van der Waals surface area contributed by atoms with Crippen LogP contribution in [-0.4, -0.2) is 13.6 Å². The van der Waals surface area contributed by atoms with Gasteiger partial charge in [0.1, 0.15) is 13.6 Å². The van der Waals surface area contributed by atoms with Crippen LogP contribution in [0.3, 0.4) is 0 Å². The van der Waals surface area contributed by atoms with Crippen molar-refractivity contribution in [1.29, 1.82) is 0 Å². The number of rotatable bonds is 0. The Hall–Kier alpha value is -1.03. The molecular formula is C12H14F3N+. The molecule has 1 nitrogen and oxygen atoms in total. The number of likely N-dealkylation sites (N-methyl/N-ethyl adjacent to an activating group) is 1. The van der Waals surface area contributed by atoms with E-state index in [1.807, 2.05) is 25.8 Å². The van der Waals surface area contributed by atoms with Crippen LogP contribution in [0.15, 0.2) is 18.2 Å². The van der Waals surface area contributed by atoms with Gasteiger partial charge in [0, 0.05) is 17.0 Å². The quantitative estimate of drug-likeness (QED) is 0.601. The Kier molecular flexibility index (Phi) is 2.31. The highest BCUT2D eigenvalue weighted by molar-refractivity contribution is 5.57. The average molecular weight is 229 g/mol. The van der Waals surface area contributed by atoms with Crippen LogP contribution in [0.25, 0.3) is 0 Å². The lowest BCUT2D eigenvalue weighted by molar-refractivity contribution is -0.137. The molecule has 0 atom stereocenters. The third kappa shape index (κ3) is 1.71. The number of halogens is 3. The van der Waals surface area contributed by atoms with Gasteiger partial charge < -0.3 is 0 Å². The zero-order chi connectivity index (χ0) is 12.1. The van der Waals surface area contributed by atoms with E-state index >= 15 is 0 Å². The van der Waals surface area contributed by atoms with Crippen LogP contribution in [0.5, 0.6) is 0 Å². The Bertz CT molecular complexity index is 421. The van der Waals surface area contributed by atoms with Gasteiger partial charge in [0.25, 0.3) is 0 Å². The second-order valence-corrected chi connectivity index (χ2v) is 4.97. The molecule has 0 aliphatic carbocycles. The van der Waals surface area contributed by atoms with E-state index < -0.39 is 11.7 Å². The van der Waals surface area contributed by atoms with Crippen molar-refractivity contribution in [2.24, 2.45) is 0 Å². The van der Waals surface area contributed by atoms with Gasteiger partial charge in [-0.2, -0.15) is 13.2 Å². The first-order chi connectivity index (χ1) is 7.22. The van der Waals surface area contributed by atoms with Gasteiger partial charge in [-0.1, -0.05) is 6.07 Å². The van der Waals surface area contributed by atoms with Gasteiger partial charge in [0.05, 0.1) is 5.56 Å². The van der Waals surface area contributed by atoms with Gasteiger partial charge in [0.2, 0.25) is 0 Å². The molecule has 0 amide bonds. The highest BCUT2D eigenvalue weighted by Crippen LogP contribution is 2.42. The van der Waals surface area contributed by atoms with Crippen LogP contribution < -0.4 is 4.90 Å². The van der Waals surface area contributed by atoms with Crippen molar-refractivity contribution in [2.45, 2.75) is 25.4 Å². The molecule has 87 valence electrons. The minimum atomic E-state index is -4.26. The number of benzene rings is 1. The smallest absolute Gasteiger partial charge is 0.166 e. The summed E-state index contributed by atoms with van der Waals surface area (Å²) in [7, 11) is 1.83. The predicted octanol–water partition coefficient (Wildman–Crippen LogP) is 3.40. The van der Waals surface area contributed by atoms with Crippen LogP contribution in [0, 0.1) is 0 Å². The maximum absolute atomic E-state index is 12.6. The maximum Gasteiger partial charge on any atom is 0.416 e. The molecule has 1 radical (unpaired) electrons. The van der Waals surface area contributed by atoms with Gasteiger partial charge >= 0.3 is 6.18 Å². The van der Waals surface area contributed by atoms with Gasteiger partial charge in [-0.25, -0.2) is 0 Å². The van der Waals surface area contributed by atoms with E-state index in [9.17, 15) is 13.2 Å². The Morgan fingerprint density at radius 1 is 1.25 bits per heavy atom. The fourth-order valence-corrected chi connectivity index (χ4v) is 2.36.